The van der Waals surface area contributed by atoms with Gasteiger partial charge in [0.05, 0.1) is 17.7 Å². The highest BCUT2D eigenvalue weighted by atomic mass is 16.2. The molecule has 3 N–H and O–H groups in total. The zero-order valence-electron chi connectivity index (χ0n) is 15.8. The Hall–Kier alpha value is -3.15. The zero-order chi connectivity index (χ0) is 19.8. The molecular weight excluding hydrogens is 342 g/mol. The van der Waals surface area contributed by atoms with E-state index in [1.165, 1.54) is 6.92 Å². The quantitative estimate of drug-likeness (QED) is 0.701. The van der Waals surface area contributed by atoms with Gasteiger partial charge in [0.15, 0.2) is 0 Å². The SMILES string of the molecule is CCC(C)NC(=O)c1ccccc1NC(=O)Cc1ccc(NC(C)=O)cc1. The van der Waals surface area contributed by atoms with Crippen molar-refractivity contribution in [2.24, 2.45) is 0 Å². The van der Waals surface area contributed by atoms with E-state index in [4.69, 9.17) is 0 Å². The number of carbonyl (C=O) groups is 3. The molecule has 2 aromatic carbocycles. The van der Waals surface area contributed by atoms with E-state index in [0.29, 0.717) is 16.9 Å². The summed E-state index contributed by atoms with van der Waals surface area (Å²) in [6.45, 7) is 5.37. The largest absolute Gasteiger partial charge is 0.350 e. The van der Waals surface area contributed by atoms with Crippen LogP contribution in [0.3, 0.4) is 0 Å². The summed E-state index contributed by atoms with van der Waals surface area (Å²) in [5, 5.41) is 8.40. The van der Waals surface area contributed by atoms with Crippen LogP contribution in [0.25, 0.3) is 0 Å². The number of hydrogen-bond acceptors (Lipinski definition) is 3. The topological polar surface area (TPSA) is 87.3 Å². The van der Waals surface area contributed by atoms with Gasteiger partial charge in [0, 0.05) is 18.7 Å². The molecule has 6 heteroatoms. The van der Waals surface area contributed by atoms with Gasteiger partial charge in [-0.2, -0.15) is 0 Å². The van der Waals surface area contributed by atoms with Crippen molar-refractivity contribution < 1.29 is 14.4 Å². The van der Waals surface area contributed by atoms with Crippen molar-refractivity contribution >= 4 is 29.1 Å². The number of anilines is 2. The molecule has 3 amide bonds. The summed E-state index contributed by atoms with van der Waals surface area (Å²) in [7, 11) is 0. The number of hydrogen-bond donors (Lipinski definition) is 3. The molecule has 0 aliphatic carbocycles. The summed E-state index contributed by atoms with van der Waals surface area (Å²) in [5.41, 5.74) is 2.41. The third-order valence-corrected chi connectivity index (χ3v) is 4.07. The monoisotopic (exact) mass is 367 g/mol. The molecule has 0 radical (unpaired) electrons. The van der Waals surface area contributed by atoms with Crippen molar-refractivity contribution in [2.75, 3.05) is 10.6 Å². The Balaban J connectivity index is 2.03. The van der Waals surface area contributed by atoms with E-state index in [0.717, 1.165) is 12.0 Å². The van der Waals surface area contributed by atoms with E-state index in [-0.39, 0.29) is 30.2 Å². The third-order valence-electron chi connectivity index (χ3n) is 4.07. The van der Waals surface area contributed by atoms with Crippen LogP contribution < -0.4 is 16.0 Å². The van der Waals surface area contributed by atoms with Gasteiger partial charge in [-0.3, -0.25) is 14.4 Å². The van der Waals surface area contributed by atoms with Crippen molar-refractivity contribution in [1.82, 2.24) is 5.32 Å². The van der Waals surface area contributed by atoms with Crippen LogP contribution in [-0.4, -0.2) is 23.8 Å². The number of carbonyl (C=O) groups excluding carboxylic acids is 3. The second kappa shape index (κ2) is 9.52. The van der Waals surface area contributed by atoms with E-state index in [2.05, 4.69) is 16.0 Å². The molecule has 0 aliphatic heterocycles. The Morgan fingerprint density at radius 2 is 1.63 bits per heavy atom. The average Bonchev–Trinajstić information content (AvgIpc) is 2.63. The Morgan fingerprint density at radius 1 is 0.963 bits per heavy atom. The van der Waals surface area contributed by atoms with Crippen molar-refractivity contribution in [3.63, 3.8) is 0 Å². The molecule has 0 saturated heterocycles. The first-order valence-electron chi connectivity index (χ1n) is 8.95. The first-order valence-corrected chi connectivity index (χ1v) is 8.95. The predicted molar refractivity (Wildman–Crippen MR) is 107 cm³/mol. The van der Waals surface area contributed by atoms with Crippen molar-refractivity contribution in [3.05, 3.63) is 59.7 Å². The molecule has 0 heterocycles. The molecule has 0 aliphatic rings. The maximum Gasteiger partial charge on any atom is 0.253 e. The van der Waals surface area contributed by atoms with E-state index < -0.39 is 0 Å². The van der Waals surface area contributed by atoms with E-state index in [9.17, 15) is 14.4 Å². The summed E-state index contributed by atoms with van der Waals surface area (Å²) < 4.78 is 0. The fourth-order valence-electron chi connectivity index (χ4n) is 2.48. The van der Waals surface area contributed by atoms with Crippen LogP contribution >= 0.6 is 0 Å². The van der Waals surface area contributed by atoms with Gasteiger partial charge in [-0.15, -0.1) is 0 Å². The van der Waals surface area contributed by atoms with Crippen LogP contribution in [0, 0.1) is 0 Å². The molecular formula is C21H25N3O3. The molecule has 0 saturated carbocycles. The van der Waals surface area contributed by atoms with E-state index in [1.807, 2.05) is 13.8 Å². The van der Waals surface area contributed by atoms with Gasteiger partial charge in [0.2, 0.25) is 11.8 Å². The Morgan fingerprint density at radius 3 is 2.26 bits per heavy atom. The highest BCUT2D eigenvalue weighted by Crippen LogP contribution is 2.16. The van der Waals surface area contributed by atoms with Crippen LogP contribution in [0.5, 0.6) is 0 Å². The van der Waals surface area contributed by atoms with Gasteiger partial charge in [-0.05, 0) is 43.2 Å². The maximum absolute atomic E-state index is 12.4. The van der Waals surface area contributed by atoms with Gasteiger partial charge < -0.3 is 16.0 Å². The molecule has 0 bridgehead atoms. The lowest BCUT2D eigenvalue weighted by Gasteiger charge is -2.14. The lowest BCUT2D eigenvalue weighted by atomic mass is 10.1. The van der Waals surface area contributed by atoms with Crippen LogP contribution in [-0.2, 0) is 16.0 Å². The minimum Gasteiger partial charge on any atom is -0.350 e. The first kappa shape index (κ1) is 20.2. The lowest BCUT2D eigenvalue weighted by molar-refractivity contribution is -0.116. The molecule has 142 valence electrons. The zero-order valence-corrected chi connectivity index (χ0v) is 15.8. The van der Waals surface area contributed by atoms with Crippen LogP contribution in [0.1, 0.15) is 43.1 Å². The van der Waals surface area contributed by atoms with Crippen LogP contribution in [0.4, 0.5) is 11.4 Å². The predicted octanol–water partition coefficient (Wildman–Crippen LogP) is 3.35. The lowest BCUT2D eigenvalue weighted by Crippen LogP contribution is -2.32. The smallest absolute Gasteiger partial charge is 0.253 e. The minimum absolute atomic E-state index is 0.0587. The van der Waals surface area contributed by atoms with Gasteiger partial charge in [0.1, 0.15) is 0 Å². The fourth-order valence-corrected chi connectivity index (χ4v) is 2.48. The summed E-state index contributed by atoms with van der Waals surface area (Å²) in [5.74, 6) is -0.571. The van der Waals surface area contributed by atoms with Gasteiger partial charge in [-0.25, -0.2) is 0 Å². The normalized spacial score (nSPS) is 11.4. The molecule has 0 aromatic heterocycles. The molecule has 6 nitrogen and oxygen atoms in total. The maximum atomic E-state index is 12.4. The van der Waals surface area contributed by atoms with Crippen molar-refractivity contribution in [1.29, 1.82) is 0 Å². The summed E-state index contributed by atoms with van der Waals surface area (Å²) in [6, 6.07) is 14.1. The number of rotatable bonds is 7. The van der Waals surface area contributed by atoms with E-state index in [1.54, 1.807) is 48.5 Å². The summed E-state index contributed by atoms with van der Waals surface area (Å²) >= 11 is 0. The fraction of sp³-hybridized carbons (Fsp3) is 0.286. The number of para-hydroxylation sites is 1. The van der Waals surface area contributed by atoms with Crippen molar-refractivity contribution in [2.45, 2.75) is 39.7 Å². The van der Waals surface area contributed by atoms with Gasteiger partial charge >= 0.3 is 0 Å². The number of benzene rings is 2. The second-order valence-electron chi connectivity index (χ2n) is 6.43. The molecule has 1 unspecified atom stereocenters. The average molecular weight is 367 g/mol. The molecule has 1 atom stereocenters. The Bertz CT molecular complexity index is 816. The van der Waals surface area contributed by atoms with Gasteiger partial charge in [0.25, 0.3) is 5.91 Å². The van der Waals surface area contributed by atoms with Gasteiger partial charge in [-0.1, -0.05) is 31.2 Å². The molecule has 0 spiro atoms. The first-order chi connectivity index (χ1) is 12.9. The molecule has 2 rings (SSSR count). The molecule has 0 fully saturated rings. The second-order valence-corrected chi connectivity index (χ2v) is 6.43. The number of nitrogens with one attached hydrogen (secondary N) is 3. The Labute approximate surface area is 159 Å². The van der Waals surface area contributed by atoms with Crippen molar-refractivity contribution in [3.8, 4) is 0 Å². The Kier molecular flexibility index (Phi) is 7.11. The summed E-state index contributed by atoms with van der Waals surface area (Å²) in [6.07, 6.45) is 0.996. The minimum atomic E-state index is -0.217. The van der Waals surface area contributed by atoms with Crippen LogP contribution in [0.2, 0.25) is 0 Å². The standard InChI is InChI=1S/C21H25N3O3/c1-4-14(2)22-21(27)18-7-5-6-8-19(18)24-20(26)13-16-9-11-17(12-10-16)23-15(3)25/h5-12,14H,4,13H2,1-3H3,(H,22,27)(H,23,25)(H,24,26). The molecule has 2 aromatic rings. The van der Waals surface area contributed by atoms with Crippen LogP contribution in [0.15, 0.2) is 48.5 Å². The van der Waals surface area contributed by atoms with E-state index >= 15 is 0 Å². The number of amides is 3. The third kappa shape index (κ3) is 6.26. The highest BCUT2D eigenvalue weighted by molar-refractivity contribution is 6.04. The summed E-state index contributed by atoms with van der Waals surface area (Å²) in [4.78, 5) is 35.8. The highest BCUT2D eigenvalue weighted by Gasteiger charge is 2.14. The molecule has 27 heavy (non-hydrogen) atoms.